The number of methoxy groups -OCH3 is 1. The van der Waals surface area contributed by atoms with E-state index in [9.17, 15) is 18.4 Å². The third-order valence-electron chi connectivity index (χ3n) is 3.84. The molecular formula is C17H17F2NO4. The van der Waals surface area contributed by atoms with Crippen molar-refractivity contribution in [2.75, 3.05) is 13.7 Å². The van der Waals surface area contributed by atoms with Crippen LogP contribution in [0, 0.1) is 25.5 Å². The molecule has 7 heteroatoms. The van der Waals surface area contributed by atoms with Gasteiger partial charge in [0.1, 0.15) is 11.5 Å². The monoisotopic (exact) mass is 337 g/mol. The molecule has 128 valence electrons. The molecule has 1 aromatic heterocycles. The topological polar surface area (TPSA) is 57.5 Å². The average Bonchev–Trinajstić information content (AvgIpc) is 2.75. The van der Waals surface area contributed by atoms with Crippen LogP contribution in [0.3, 0.4) is 0 Å². The van der Waals surface area contributed by atoms with Crippen LogP contribution in [0.2, 0.25) is 0 Å². The number of aromatic nitrogens is 1. The van der Waals surface area contributed by atoms with E-state index in [2.05, 4.69) is 0 Å². The Morgan fingerprint density at radius 1 is 1.21 bits per heavy atom. The largest absolute Gasteiger partial charge is 0.482 e. The normalized spacial score (nSPS) is 10.6. The molecule has 0 fully saturated rings. The predicted octanol–water partition coefficient (Wildman–Crippen LogP) is 2.97. The number of rotatable bonds is 5. The van der Waals surface area contributed by atoms with Gasteiger partial charge in [0.25, 0.3) is 0 Å². The van der Waals surface area contributed by atoms with E-state index in [0.717, 1.165) is 12.1 Å². The smallest absolute Gasteiger partial charge is 0.354 e. The molecule has 0 aliphatic heterocycles. The third kappa shape index (κ3) is 3.15. The molecular weight excluding hydrogens is 320 g/mol. The van der Waals surface area contributed by atoms with Crippen LogP contribution in [0.25, 0.3) is 0 Å². The molecule has 0 radical (unpaired) electrons. The molecule has 1 heterocycles. The molecule has 0 aliphatic rings. The maximum Gasteiger partial charge on any atom is 0.354 e. The van der Waals surface area contributed by atoms with Gasteiger partial charge >= 0.3 is 5.97 Å². The van der Waals surface area contributed by atoms with E-state index in [4.69, 9.17) is 9.47 Å². The summed E-state index contributed by atoms with van der Waals surface area (Å²) in [5, 5.41) is 0. The van der Waals surface area contributed by atoms with Crippen LogP contribution in [0.5, 0.6) is 5.75 Å². The van der Waals surface area contributed by atoms with Gasteiger partial charge in [-0.2, -0.15) is 0 Å². The molecule has 0 aliphatic carbocycles. The van der Waals surface area contributed by atoms with Crippen LogP contribution in [0.4, 0.5) is 8.78 Å². The highest BCUT2D eigenvalue weighted by molar-refractivity contribution is 6.03. The number of nitrogens with zero attached hydrogens (tertiary/aromatic N) is 1. The molecule has 2 aromatic rings. The highest BCUT2D eigenvalue weighted by Crippen LogP contribution is 2.23. The van der Waals surface area contributed by atoms with Gasteiger partial charge in [-0.15, -0.1) is 0 Å². The Balaban J connectivity index is 2.26. The maximum atomic E-state index is 13.5. The van der Waals surface area contributed by atoms with E-state index < -0.39 is 30.0 Å². The van der Waals surface area contributed by atoms with E-state index in [0.29, 0.717) is 22.9 Å². The molecule has 0 saturated heterocycles. The van der Waals surface area contributed by atoms with Crippen LogP contribution >= 0.6 is 0 Å². The van der Waals surface area contributed by atoms with Gasteiger partial charge in [-0.1, -0.05) is 0 Å². The average molecular weight is 337 g/mol. The second-order valence-corrected chi connectivity index (χ2v) is 5.27. The van der Waals surface area contributed by atoms with Gasteiger partial charge in [-0.25, -0.2) is 13.6 Å². The summed E-state index contributed by atoms with van der Waals surface area (Å²) in [5.41, 5.74) is 1.63. The van der Waals surface area contributed by atoms with Gasteiger partial charge in [0.05, 0.1) is 7.11 Å². The standard InChI is InChI=1S/C17H17F2NO4/c1-9-15(10(2)20(3)16(9)17(22)23-4)13(21)8-24-14-6-5-11(18)7-12(14)19/h5-7H,8H2,1-4H3. The Hall–Kier alpha value is -2.70. The van der Waals surface area contributed by atoms with Crippen LogP contribution in [-0.4, -0.2) is 30.0 Å². The van der Waals surface area contributed by atoms with Crippen molar-refractivity contribution in [1.29, 1.82) is 0 Å². The number of benzene rings is 1. The number of ether oxygens (including phenoxy) is 2. The van der Waals surface area contributed by atoms with Crippen molar-refractivity contribution in [3.05, 3.63) is 52.3 Å². The van der Waals surface area contributed by atoms with E-state index in [1.807, 2.05) is 0 Å². The van der Waals surface area contributed by atoms with Crippen molar-refractivity contribution in [2.45, 2.75) is 13.8 Å². The number of hydrogen-bond acceptors (Lipinski definition) is 4. The molecule has 0 atom stereocenters. The Morgan fingerprint density at radius 3 is 2.46 bits per heavy atom. The van der Waals surface area contributed by atoms with Crippen molar-refractivity contribution in [3.63, 3.8) is 0 Å². The molecule has 0 N–H and O–H groups in total. The van der Waals surface area contributed by atoms with E-state index in [1.165, 1.54) is 7.11 Å². The Kier molecular flexibility index (Phi) is 5.02. The Bertz CT molecular complexity index is 811. The zero-order chi connectivity index (χ0) is 18.0. The fourth-order valence-corrected chi connectivity index (χ4v) is 2.58. The minimum absolute atomic E-state index is 0.218. The zero-order valence-electron chi connectivity index (χ0n) is 13.8. The SMILES string of the molecule is COC(=O)c1c(C)c(C(=O)COc2ccc(F)cc2F)c(C)n1C. The summed E-state index contributed by atoms with van der Waals surface area (Å²) in [6.07, 6.45) is 0. The quantitative estimate of drug-likeness (QED) is 0.622. The van der Waals surface area contributed by atoms with Gasteiger partial charge < -0.3 is 14.0 Å². The highest BCUT2D eigenvalue weighted by Gasteiger charge is 2.25. The number of carbonyl (C=O) groups excluding carboxylic acids is 2. The van der Waals surface area contributed by atoms with Gasteiger partial charge in [0.2, 0.25) is 5.78 Å². The number of carbonyl (C=O) groups is 2. The van der Waals surface area contributed by atoms with Gasteiger partial charge in [0, 0.05) is 24.4 Å². The van der Waals surface area contributed by atoms with Crippen LogP contribution in [0.15, 0.2) is 18.2 Å². The van der Waals surface area contributed by atoms with Gasteiger partial charge in [-0.3, -0.25) is 4.79 Å². The Morgan fingerprint density at radius 2 is 1.88 bits per heavy atom. The lowest BCUT2D eigenvalue weighted by atomic mass is 10.1. The second-order valence-electron chi connectivity index (χ2n) is 5.27. The maximum absolute atomic E-state index is 13.5. The minimum atomic E-state index is -0.889. The van der Waals surface area contributed by atoms with E-state index in [1.54, 1.807) is 25.5 Å². The molecule has 1 aromatic carbocycles. The Labute approximate surface area is 137 Å². The van der Waals surface area contributed by atoms with Crippen LogP contribution in [-0.2, 0) is 11.8 Å². The summed E-state index contributed by atoms with van der Waals surface area (Å²) in [4.78, 5) is 24.3. The first-order valence-corrected chi connectivity index (χ1v) is 7.13. The molecule has 24 heavy (non-hydrogen) atoms. The molecule has 5 nitrogen and oxygen atoms in total. The fraction of sp³-hybridized carbons (Fsp3) is 0.294. The number of ketones is 1. The van der Waals surface area contributed by atoms with Crippen LogP contribution in [0.1, 0.15) is 32.1 Å². The lowest BCUT2D eigenvalue weighted by Gasteiger charge is -2.07. The third-order valence-corrected chi connectivity index (χ3v) is 3.84. The van der Waals surface area contributed by atoms with Crippen molar-refractivity contribution >= 4 is 11.8 Å². The predicted molar refractivity (Wildman–Crippen MR) is 82.4 cm³/mol. The summed E-state index contributed by atoms with van der Waals surface area (Å²) >= 11 is 0. The first-order chi connectivity index (χ1) is 11.3. The van der Waals surface area contributed by atoms with Gasteiger partial charge in [-0.05, 0) is 31.5 Å². The van der Waals surface area contributed by atoms with E-state index >= 15 is 0 Å². The van der Waals surface area contributed by atoms with Gasteiger partial charge in [0.15, 0.2) is 18.2 Å². The molecule has 0 unspecified atom stereocenters. The van der Waals surface area contributed by atoms with Crippen molar-refractivity contribution in [1.82, 2.24) is 4.57 Å². The van der Waals surface area contributed by atoms with Crippen LogP contribution < -0.4 is 4.74 Å². The summed E-state index contributed by atoms with van der Waals surface area (Å²) in [6.45, 7) is 2.88. The molecule has 0 amide bonds. The lowest BCUT2D eigenvalue weighted by molar-refractivity contribution is 0.0588. The zero-order valence-corrected chi connectivity index (χ0v) is 13.8. The molecule has 0 spiro atoms. The summed E-state index contributed by atoms with van der Waals surface area (Å²) in [5.74, 6) is -2.81. The summed E-state index contributed by atoms with van der Waals surface area (Å²) in [7, 11) is 2.90. The van der Waals surface area contributed by atoms with Crippen molar-refractivity contribution in [3.8, 4) is 5.75 Å². The summed E-state index contributed by atoms with van der Waals surface area (Å²) in [6, 6.07) is 2.83. The first kappa shape index (κ1) is 17.7. The molecule has 0 bridgehead atoms. The lowest BCUT2D eigenvalue weighted by Crippen LogP contribution is -2.14. The fourth-order valence-electron chi connectivity index (χ4n) is 2.58. The second kappa shape index (κ2) is 6.82. The number of hydrogen-bond donors (Lipinski definition) is 0. The van der Waals surface area contributed by atoms with Crippen molar-refractivity contribution in [2.24, 2.45) is 7.05 Å². The first-order valence-electron chi connectivity index (χ1n) is 7.13. The van der Waals surface area contributed by atoms with Crippen molar-refractivity contribution < 1.29 is 27.8 Å². The van der Waals surface area contributed by atoms with E-state index in [-0.39, 0.29) is 11.4 Å². The summed E-state index contributed by atoms with van der Waals surface area (Å²) < 4.78 is 37.8. The molecule has 2 rings (SSSR count). The minimum Gasteiger partial charge on any atom is -0.482 e. The molecule has 0 saturated carbocycles. The number of esters is 1. The number of Topliss-reactive ketones (excluding diaryl/α,β-unsaturated/α-hetero) is 1. The highest BCUT2D eigenvalue weighted by atomic mass is 19.1. The number of halogens is 2.